The summed E-state index contributed by atoms with van der Waals surface area (Å²) >= 11 is 0. The first-order chi connectivity index (χ1) is 18.2. The Bertz CT molecular complexity index is 1220. The molecule has 192 valence electrons. The molecule has 8 nitrogen and oxygen atoms in total. The zero-order chi connectivity index (χ0) is 25.0. The summed E-state index contributed by atoms with van der Waals surface area (Å²) in [4.78, 5) is 34.1. The van der Waals surface area contributed by atoms with Crippen LogP contribution in [0.25, 0.3) is 11.1 Å². The molecule has 8 heteroatoms. The van der Waals surface area contributed by atoms with E-state index in [0.29, 0.717) is 18.7 Å². The van der Waals surface area contributed by atoms with Gasteiger partial charge in [-0.3, -0.25) is 19.5 Å². The van der Waals surface area contributed by atoms with Crippen LogP contribution in [0.4, 0.5) is 11.5 Å². The lowest BCUT2D eigenvalue weighted by molar-refractivity contribution is -0.120. The van der Waals surface area contributed by atoms with Crippen LogP contribution in [0, 0.1) is 0 Å². The van der Waals surface area contributed by atoms with E-state index in [2.05, 4.69) is 55.3 Å². The van der Waals surface area contributed by atoms with Crippen LogP contribution in [0.3, 0.4) is 0 Å². The van der Waals surface area contributed by atoms with Gasteiger partial charge in [0, 0.05) is 69.0 Å². The third kappa shape index (κ3) is 5.87. The van der Waals surface area contributed by atoms with Gasteiger partial charge >= 0.3 is 0 Å². The van der Waals surface area contributed by atoms with Crippen LogP contribution in [0.1, 0.15) is 43.1 Å². The number of carbonyl (C=O) groups excluding carboxylic acids is 1. The second-order valence-corrected chi connectivity index (χ2v) is 10.5. The van der Waals surface area contributed by atoms with Gasteiger partial charge in [-0.05, 0) is 67.7 Å². The highest BCUT2D eigenvalue weighted by molar-refractivity contribution is 5.80. The van der Waals surface area contributed by atoms with E-state index >= 15 is 0 Å². The fourth-order valence-corrected chi connectivity index (χ4v) is 5.79. The third-order valence-corrected chi connectivity index (χ3v) is 7.80. The number of Topliss-reactive ketones (excluding diaryl/α,β-unsaturated/α-hetero) is 1. The number of ketones is 1. The molecule has 1 aromatic carbocycles. The molecule has 8 heterocycles. The van der Waals surface area contributed by atoms with Gasteiger partial charge in [0.25, 0.3) is 0 Å². The standard InChI is InChI=1S/C29H35N7O/c37-26-6-2-10-36-11-3-7-27(36)29-31-18-24(19-32-29)23-8-9-30-28(17-23)33-25-5-1-4-22(16-25)20-34-12-14-35(21-26)15-13-34/h1,4-5,8-9,16-19,27H,2-3,6-7,10-15,20-21H2,(H,30,33). The average Bonchev–Trinajstić information content (AvgIpc) is 3.38. The van der Waals surface area contributed by atoms with Crippen LogP contribution in [0.15, 0.2) is 55.0 Å². The van der Waals surface area contributed by atoms with E-state index < -0.39 is 0 Å². The van der Waals surface area contributed by atoms with Gasteiger partial charge in [0.15, 0.2) is 0 Å². The third-order valence-electron chi connectivity index (χ3n) is 7.80. The van der Waals surface area contributed by atoms with E-state index in [1.807, 2.05) is 24.7 Å². The summed E-state index contributed by atoms with van der Waals surface area (Å²) in [5.74, 6) is 2.04. The number of nitrogens with one attached hydrogen (secondary N) is 1. The van der Waals surface area contributed by atoms with E-state index in [9.17, 15) is 4.79 Å². The van der Waals surface area contributed by atoms with Crippen molar-refractivity contribution >= 4 is 17.3 Å². The summed E-state index contributed by atoms with van der Waals surface area (Å²) < 4.78 is 0. The maximum atomic E-state index is 12.7. The SMILES string of the molecule is O=C1CCCN2CCCC2c2ncc(cn2)-c2ccnc(c2)Nc2cccc(c2)CN2CCN(CC2)C1. The molecule has 0 amide bonds. The van der Waals surface area contributed by atoms with Crippen molar-refractivity contribution in [2.75, 3.05) is 51.1 Å². The zero-order valence-corrected chi connectivity index (χ0v) is 21.4. The van der Waals surface area contributed by atoms with Gasteiger partial charge in [-0.25, -0.2) is 15.0 Å². The van der Waals surface area contributed by atoms with Crippen LogP contribution < -0.4 is 5.32 Å². The van der Waals surface area contributed by atoms with Gasteiger partial charge in [0.1, 0.15) is 17.4 Å². The summed E-state index contributed by atoms with van der Waals surface area (Å²) in [5, 5.41) is 3.47. The molecule has 3 aromatic rings. The van der Waals surface area contributed by atoms with Gasteiger partial charge in [-0.2, -0.15) is 0 Å². The molecule has 9 rings (SSSR count). The molecule has 8 bridgehead atoms. The number of piperazine rings is 1. The molecular formula is C29H35N7O. The molecule has 1 unspecified atom stereocenters. The molecule has 2 aromatic heterocycles. The second-order valence-electron chi connectivity index (χ2n) is 10.5. The first-order valence-corrected chi connectivity index (χ1v) is 13.5. The summed E-state index contributed by atoms with van der Waals surface area (Å²) in [7, 11) is 0. The minimum Gasteiger partial charge on any atom is -0.340 e. The molecule has 0 spiro atoms. The number of pyridine rings is 1. The fraction of sp³-hybridized carbons (Fsp3) is 0.448. The number of benzene rings is 1. The summed E-state index contributed by atoms with van der Waals surface area (Å²) in [6.07, 6.45) is 9.45. The number of carbonyl (C=O) groups is 1. The summed E-state index contributed by atoms with van der Waals surface area (Å²) in [6, 6.07) is 12.8. The van der Waals surface area contributed by atoms with Gasteiger partial charge in [-0.1, -0.05) is 12.1 Å². The molecule has 0 radical (unpaired) electrons. The van der Waals surface area contributed by atoms with E-state index in [0.717, 1.165) is 93.5 Å². The normalized spacial score (nSPS) is 25.0. The zero-order valence-electron chi connectivity index (χ0n) is 21.4. The molecule has 0 aliphatic carbocycles. The topological polar surface area (TPSA) is 77.5 Å². The average molecular weight is 498 g/mol. The predicted octanol–water partition coefficient (Wildman–Crippen LogP) is 3.90. The summed E-state index contributed by atoms with van der Waals surface area (Å²) in [5.41, 5.74) is 4.32. The Balaban J connectivity index is 1.26. The summed E-state index contributed by atoms with van der Waals surface area (Å²) in [6.45, 7) is 7.32. The largest absolute Gasteiger partial charge is 0.340 e. The van der Waals surface area contributed by atoms with Crippen LogP contribution >= 0.6 is 0 Å². The predicted molar refractivity (Wildman–Crippen MR) is 144 cm³/mol. The van der Waals surface area contributed by atoms with Crippen molar-refractivity contribution in [2.45, 2.75) is 38.3 Å². The minimum absolute atomic E-state index is 0.237. The highest BCUT2D eigenvalue weighted by atomic mass is 16.1. The Hall–Kier alpha value is -3.20. The second kappa shape index (κ2) is 11.0. The van der Waals surface area contributed by atoms with Crippen molar-refractivity contribution < 1.29 is 4.79 Å². The number of rotatable bonds is 0. The maximum absolute atomic E-state index is 12.7. The first kappa shape index (κ1) is 24.2. The highest BCUT2D eigenvalue weighted by Gasteiger charge is 2.28. The number of hydrogen-bond donors (Lipinski definition) is 1. The van der Waals surface area contributed by atoms with Crippen LogP contribution in [-0.2, 0) is 11.3 Å². The smallest absolute Gasteiger partial charge is 0.146 e. The molecule has 2 saturated heterocycles. The Morgan fingerprint density at radius 3 is 2.43 bits per heavy atom. The quantitative estimate of drug-likeness (QED) is 0.501. The van der Waals surface area contributed by atoms with Crippen molar-refractivity contribution in [3.8, 4) is 11.1 Å². The van der Waals surface area contributed by atoms with Crippen molar-refractivity contribution in [2.24, 2.45) is 0 Å². The number of hydrogen-bond acceptors (Lipinski definition) is 8. The van der Waals surface area contributed by atoms with Gasteiger partial charge in [0.2, 0.25) is 0 Å². The van der Waals surface area contributed by atoms with E-state index in [1.54, 1.807) is 0 Å². The highest BCUT2D eigenvalue weighted by Crippen LogP contribution is 2.31. The Morgan fingerprint density at radius 2 is 1.59 bits per heavy atom. The Kier molecular flexibility index (Phi) is 7.21. The maximum Gasteiger partial charge on any atom is 0.146 e. The van der Waals surface area contributed by atoms with Crippen LogP contribution in [0.2, 0.25) is 0 Å². The van der Waals surface area contributed by atoms with Gasteiger partial charge in [-0.15, -0.1) is 0 Å². The molecule has 1 N–H and O–H groups in total. The van der Waals surface area contributed by atoms with Crippen molar-refractivity contribution in [3.63, 3.8) is 0 Å². The number of anilines is 2. The first-order valence-electron chi connectivity index (χ1n) is 13.5. The van der Waals surface area contributed by atoms with Crippen molar-refractivity contribution in [3.05, 3.63) is 66.4 Å². The van der Waals surface area contributed by atoms with E-state index in [4.69, 9.17) is 9.97 Å². The fourth-order valence-electron chi connectivity index (χ4n) is 5.79. The molecule has 2 fully saturated rings. The van der Waals surface area contributed by atoms with E-state index in [-0.39, 0.29) is 6.04 Å². The van der Waals surface area contributed by atoms with Crippen molar-refractivity contribution in [1.29, 1.82) is 0 Å². The van der Waals surface area contributed by atoms with Crippen molar-refractivity contribution in [1.82, 2.24) is 29.7 Å². The molecule has 0 saturated carbocycles. The number of nitrogens with zero attached hydrogens (tertiary/aromatic N) is 6. The van der Waals surface area contributed by atoms with Crippen LogP contribution in [-0.4, -0.2) is 81.2 Å². The molecule has 6 aliphatic rings. The number of aromatic nitrogens is 3. The minimum atomic E-state index is 0.237. The molecular weight excluding hydrogens is 462 g/mol. The van der Waals surface area contributed by atoms with Crippen LogP contribution in [0.5, 0.6) is 0 Å². The lowest BCUT2D eigenvalue weighted by Gasteiger charge is -2.34. The monoisotopic (exact) mass is 497 g/mol. The molecule has 6 aliphatic heterocycles. The molecule has 37 heavy (non-hydrogen) atoms. The lowest BCUT2D eigenvalue weighted by Crippen LogP contribution is -2.47. The van der Waals surface area contributed by atoms with Gasteiger partial charge < -0.3 is 5.32 Å². The molecule has 1 atom stereocenters. The van der Waals surface area contributed by atoms with E-state index in [1.165, 1.54) is 5.56 Å². The Labute approximate surface area is 218 Å². The van der Waals surface area contributed by atoms with Gasteiger partial charge in [0.05, 0.1) is 12.6 Å². The lowest BCUT2D eigenvalue weighted by atomic mass is 10.1. The Morgan fingerprint density at radius 1 is 0.811 bits per heavy atom.